The van der Waals surface area contributed by atoms with E-state index >= 15 is 0 Å². The monoisotopic (exact) mass is 287 g/mol. The molecule has 1 N–H and O–H groups in total. The van der Waals surface area contributed by atoms with Crippen LogP contribution in [0.3, 0.4) is 0 Å². The molecular formula is C17H22FN3. The number of hydrogen-bond donors (Lipinski definition) is 1. The minimum Gasteiger partial charge on any atom is -0.335 e. The van der Waals surface area contributed by atoms with Crippen LogP contribution in [0.1, 0.15) is 43.1 Å². The van der Waals surface area contributed by atoms with Crippen molar-refractivity contribution in [2.24, 2.45) is 0 Å². The number of nitrogens with zero attached hydrogens (tertiary/aromatic N) is 2. The molecule has 0 atom stereocenters. The van der Waals surface area contributed by atoms with Crippen LogP contribution >= 0.6 is 0 Å². The molecule has 1 saturated carbocycles. The van der Waals surface area contributed by atoms with Gasteiger partial charge in [-0.05, 0) is 30.9 Å². The first kappa shape index (κ1) is 14.3. The van der Waals surface area contributed by atoms with E-state index in [0.717, 1.165) is 29.9 Å². The fraction of sp³-hybridized carbons (Fsp3) is 0.471. The Kier molecular flexibility index (Phi) is 4.34. The Bertz CT molecular complexity index is 602. The van der Waals surface area contributed by atoms with E-state index in [2.05, 4.69) is 21.8 Å². The maximum atomic E-state index is 14.1. The lowest BCUT2D eigenvalue weighted by atomic mass is 10.1. The van der Waals surface area contributed by atoms with Gasteiger partial charge >= 0.3 is 0 Å². The number of hydrogen-bond acceptors (Lipinski definition) is 2. The summed E-state index contributed by atoms with van der Waals surface area (Å²) in [6.45, 7) is 3.73. The molecule has 0 saturated heterocycles. The third-order valence-corrected chi connectivity index (χ3v) is 3.90. The van der Waals surface area contributed by atoms with Crippen LogP contribution in [0.15, 0.2) is 30.6 Å². The van der Waals surface area contributed by atoms with Gasteiger partial charge in [-0.1, -0.05) is 19.1 Å². The summed E-state index contributed by atoms with van der Waals surface area (Å²) < 4.78 is 16.3. The molecular weight excluding hydrogens is 265 g/mol. The van der Waals surface area contributed by atoms with Gasteiger partial charge in [0.15, 0.2) is 0 Å². The van der Waals surface area contributed by atoms with Crippen LogP contribution in [0, 0.1) is 5.82 Å². The molecule has 1 heterocycles. The maximum Gasteiger partial charge on any atom is 0.127 e. The van der Waals surface area contributed by atoms with E-state index in [1.165, 1.54) is 12.8 Å². The predicted molar refractivity (Wildman–Crippen MR) is 81.6 cm³/mol. The molecule has 0 amide bonds. The van der Waals surface area contributed by atoms with Crippen molar-refractivity contribution < 1.29 is 4.39 Å². The van der Waals surface area contributed by atoms with Crippen molar-refractivity contribution in [3.8, 4) is 0 Å². The van der Waals surface area contributed by atoms with Crippen LogP contribution in [-0.2, 0) is 19.5 Å². The van der Waals surface area contributed by atoms with E-state index in [1.807, 2.05) is 24.5 Å². The highest BCUT2D eigenvalue weighted by Gasteiger charge is 2.20. The standard InChI is InChI=1S/C17H22FN3/c1-2-8-21-9-7-19-17(21)11-13-3-4-14(16(18)10-13)12-20-15-5-6-15/h3-4,7,9-10,15,20H,2,5-6,8,11-12H2,1H3. The van der Waals surface area contributed by atoms with E-state index in [9.17, 15) is 4.39 Å². The van der Waals surface area contributed by atoms with Gasteiger partial charge in [-0.15, -0.1) is 0 Å². The molecule has 1 aliphatic carbocycles. The summed E-state index contributed by atoms with van der Waals surface area (Å²) >= 11 is 0. The molecule has 21 heavy (non-hydrogen) atoms. The van der Waals surface area contributed by atoms with Gasteiger partial charge in [-0.3, -0.25) is 0 Å². The molecule has 3 rings (SSSR count). The third kappa shape index (κ3) is 3.70. The van der Waals surface area contributed by atoms with E-state index in [-0.39, 0.29) is 5.82 Å². The van der Waals surface area contributed by atoms with Crippen LogP contribution < -0.4 is 5.32 Å². The molecule has 3 nitrogen and oxygen atoms in total. The summed E-state index contributed by atoms with van der Waals surface area (Å²) in [6, 6.07) is 6.16. The van der Waals surface area contributed by atoms with Crippen LogP contribution in [0.25, 0.3) is 0 Å². The fourth-order valence-corrected chi connectivity index (χ4v) is 2.52. The van der Waals surface area contributed by atoms with Crippen molar-refractivity contribution in [3.63, 3.8) is 0 Å². The van der Waals surface area contributed by atoms with Gasteiger partial charge < -0.3 is 9.88 Å². The zero-order chi connectivity index (χ0) is 14.7. The smallest absolute Gasteiger partial charge is 0.127 e. The number of nitrogens with one attached hydrogen (secondary N) is 1. The first-order valence-corrected chi connectivity index (χ1v) is 7.77. The molecule has 0 spiro atoms. The molecule has 1 fully saturated rings. The number of aryl methyl sites for hydroxylation is 1. The number of rotatable bonds is 7. The summed E-state index contributed by atoms with van der Waals surface area (Å²) in [5.41, 5.74) is 1.73. The Labute approximate surface area is 125 Å². The van der Waals surface area contributed by atoms with Gasteiger partial charge in [0.1, 0.15) is 11.6 Å². The van der Waals surface area contributed by atoms with Gasteiger partial charge in [0.2, 0.25) is 0 Å². The lowest BCUT2D eigenvalue weighted by molar-refractivity contribution is 0.584. The molecule has 1 aromatic heterocycles. The predicted octanol–water partition coefficient (Wildman–Crippen LogP) is 3.28. The Morgan fingerprint density at radius 2 is 2.24 bits per heavy atom. The van der Waals surface area contributed by atoms with Crippen molar-refractivity contribution >= 4 is 0 Å². The second kappa shape index (κ2) is 6.39. The van der Waals surface area contributed by atoms with Gasteiger partial charge in [0.25, 0.3) is 0 Å². The lowest BCUT2D eigenvalue weighted by Crippen LogP contribution is -2.16. The summed E-state index contributed by atoms with van der Waals surface area (Å²) in [7, 11) is 0. The van der Waals surface area contributed by atoms with Crippen molar-refractivity contribution in [1.82, 2.24) is 14.9 Å². The minimum absolute atomic E-state index is 0.116. The average molecular weight is 287 g/mol. The van der Waals surface area contributed by atoms with Crippen molar-refractivity contribution in [3.05, 3.63) is 53.4 Å². The number of halogens is 1. The number of aromatic nitrogens is 2. The summed E-state index contributed by atoms with van der Waals surface area (Å²) in [6.07, 6.45) is 8.00. The Hall–Kier alpha value is -1.68. The Morgan fingerprint density at radius 1 is 1.38 bits per heavy atom. The third-order valence-electron chi connectivity index (χ3n) is 3.90. The molecule has 0 unspecified atom stereocenters. The van der Waals surface area contributed by atoms with E-state index in [4.69, 9.17) is 0 Å². The van der Waals surface area contributed by atoms with Gasteiger partial charge in [0, 0.05) is 43.5 Å². The molecule has 0 aliphatic heterocycles. The SMILES string of the molecule is CCCn1ccnc1Cc1ccc(CNC2CC2)c(F)c1. The molecule has 0 bridgehead atoms. The van der Waals surface area contributed by atoms with Crippen LogP contribution in [-0.4, -0.2) is 15.6 Å². The van der Waals surface area contributed by atoms with Gasteiger partial charge in [0.05, 0.1) is 0 Å². The van der Waals surface area contributed by atoms with E-state index in [1.54, 1.807) is 6.07 Å². The second-order valence-electron chi connectivity index (χ2n) is 5.79. The maximum absolute atomic E-state index is 14.1. The molecule has 2 aromatic rings. The number of imidazole rings is 1. The van der Waals surface area contributed by atoms with Crippen molar-refractivity contribution in [2.75, 3.05) is 0 Å². The highest BCUT2D eigenvalue weighted by Crippen LogP contribution is 2.20. The summed E-state index contributed by atoms with van der Waals surface area (Å²) in [5.74, 6) is 0.884. The summed E-state index contributed by atoms with van der Waals surface area (Å²) in [4.78, 5) is 4.38. The van der Waals surface area contributed by atoms with Gasteiger partial charge in [-0.25, -0.2) is 9.37 Å². The van der Waals surface area contributed by atoms with Crippen LogP contribution in [0.4, 0.5) is 4.39 Å². The normalized spacial score (nSPS) is 14.6. The molecule has 1 aliphatic rings. The highest BCUT2D eigenvalue weighted by atomic mass is 19.1. The Balaban J connectivity index is 1.67. The zero-order valence-electron chi connectivity index (χ0n) is 12.5. The topological polar surface area (TPSA) is 29.9 Å². The first-order chi connectivity index (χ1) is 10.3. The first-order valence-electron chi connectivity index (χ1n) is 7.77. The van der Waals surface area contributed by atoms with E-state index in [0.29, 0.717) is 19.0 Å². The molecule has 1 aromatic carbocycles. The molecule has 4 heteroatoms. The Morgan fingerprint density at radius 3 is 2.95 bits per heavy atom. The van der Waals surface area contributed by atoms with E-state index < -0.39 is 0 Å². The van der Waals surface area contributed by atoms with Crippen molar-refractivity contribution in [2.45, 2.75) is 51.7 Å². The van der Waals surface area contributed by atoms with Crippen molar-refractivity contribution in [1.29, 1.82) is 0 Å². The highest BCUT2D eigenvalue weighted by molar-refractivity contribution is 5.27. The lowest BCUT2D eigenvalue weighted by Gasteiger charge is -2.09. The van der Waals surface area contributed by atoms with Crippen LogP contribution in [0.2, 0.25) is 0 Å². The largest absolute Gasteiger partial charge is 0.335 e. The average Bonchev–Trinajstić information content (AvgIpc) is 3.20. The fourth-order valence-electron chi connectivity index (χ4n) is 2.52. The summed E-state index contributed by atoms with van der Waals surface area (Å²) in [5, 5.41) is 3.35. The molecule has 0 radical (unpaired) electrons. The molecule has 112 valence electrons. The van der Waals surface area contributed by atoms with Crippen LogP contribution in [0.5, 0.6) is 0 Å². The second-order valence-corrected chi connectivity index (χ2v) is 5.79. The minimum atomic E-state index is -0.116. The number of benzene rings is 1. The zero-order valence-corrected chi connectivity index (χ0v) is 12.5. The quantitative estimate of drug-likeness (QED) is 0.847. The van der Waals surface area contributed by atoms with Gasteiger partial charge in [-0.2, -0.15) is 0 Å².